The van der Waals surface area contributed by atoms with Gasteiger partial charge in [0.15, 0.2) is 0 Å². The van der Waals surface area contributed by atoms with Gasteiger partial charge in [-0.05, 0) is 35.7 Å². The van der Waals surface area contributed by atoms with Crippen LogP contribution in [-0.4, -0.2) is 15.0 Å². The molecule has 0 aliphatic rings. The molecule has 0 amide bonds. The molecule has 0 saturated carbocycles. The summed E-state index contributed by atoms with van der Waals surface area (Å²) in [6.45, 7) is 0.116. The fourth-order valence-electron chi connectivity index (χ4n) is 1.89. The zero-order chi connectivity index (χ0) is 15.3. The normalized spacial score (nSPS) is 11.5. The van der Waals surface area contributed by atoms with Gasteiger partial charge >= 0.3 is 0 Å². The molecule has 0 bridgehead atoms. The van der Waals surface area contributed by atoms with E-state index in [9.17, 15) is 17.2 Å². The first-order chi connectivity index (χ1) is 9.96. The summed E-state index contributed by atoms with van der Waals surface area (Å²) < 4.78 is 52.3. The van der Waals surface area contributed by atoms with Crippen molar-refractivity contribution >= 4 is 10.0 Å². The lowest BCUT2D eigenvalue weighted by Crippen LogP contribution is -2.27. The molecule has 2 aromatic rings. The first-order valence-electron chi connectivity index (χ1n) is 6.41. The number of halogens is 2. The van der Waals surface area contributed by atoms with Gasteiger partial charge < -0.3 is 0 Å². The second kappa shape index (κ2) is 6.78. The average Bonchev–Trinajstić information content (AvgIpc) is 2.43. The van der Waals surface area contributed by atoms with Gasteiger partial charge in [-0.15, -0.1) is 0 Å². The van der Waals surface area contributed by atoms with Gasteiger partial charge in [0.1, 0.15) is 11.6 Å². The Kier molecular flexibility index (Phi) is 5.03. The third kappa shape index (κ3) is 4.91. The zero-order valence-electron chi connectivity index (χ0n) is 11.2. The number of hydrogen-bond donors (Lipinski definition) is 1. The van der Waals surface area contributed by atoms with Crippen LogP contribution >= 0.6 is 0 Å². The maximum Gasteiger partial charge on any atom is 0.215 e. The third-order valence-corrected chi connectivity index (χ3v) is 4.30. The largest absolute Gasteiger partial charge is 0.215 e. The Balaban J connectivity index is 1.90. The van der Waals surface area contributed by atoms with E-state index in [1.807, 2.05) is 0 Å². The molecule has 0 unspecified atom stereocenters. The Morgan fingerprint density at radius 3 is 2.29 bits per heavy atom. The van der Waals surface area contributed by atoms with Crippen LogP contribution in [0.2, 0.25) is 0 Å². The SMILES string of the molecule is O=S(=O)(Cc1ccc(F)cc1)NCCc1ccccc1F. The monoisotopic (exact) mass is 311 g/mol. The highest BCUT2D eigenvalue weighted by atomic mass is 32.2. The Hall–Kier alpha value is -1.79. The summed E-state index contributed by atoms with van der Waals surface area (Å²) in [7, 11) is -3.53. The molecular formula is C15H15F2NO2S. The van der Waals surface area contributed by atoms with Gasteiger partial charge in [0.05, 0.1) is 5.75 Å². The summed E-state index contributed by atoms with van der Waals surface area (Å²) in [6.07, 6.45) is 0.273. The highest BCUT2D eigenvalue weighted by Crippen LogP contribution is 2.08. The van der Waals surface area contributed by atoms with Crippen LogP contribution in [0.1, 0.15) is 11.1 Å². The lowest BCUT2D eigenvalue weighted by Gasteiger charge is -2.07. The molecule has 2 rings (SSSR count). The molecule has 112 valence electrons. The fraction of sp³-hybridized carbons (Fsp3) is 0.200. The molecule has 0 aliphatic carbocycles. The summed E-state index contributed by atoms with van der Waals surface area (Å²) in [5, 5.41) is 0. The molecule has 0 saturated heterocycles. The molecule has 0 aliphatic heterocycles. The van der Waals surface area contributed by atoms with E-state index in [2.05, 4.69) is 4.72 Å². The Morgan fingerprint density at radius 1 is 0.952 bits per heavy atom. The van der Waals surface area contributed by atoms with Gasteiger partial charge in [-0.25, -0.2) is 21.9 Å². The number of hydrogen-bond acceptors (Lipinski definition) is 2. The molecule has 1 N–H and O–H groups in total. The molecule has 0 atom stereocenters. The number of nitrogens with one attached hydrogen (secondary N) is 1. The highest BCUT2D eigenvalue weighted by Gasteiger charge is 2.11. The van der Waals surface area contributed by atoms with Crippen molar-refractivity contribution < 1.29 is 17.2 Å². The predicted octanol–water partition coefficient (Wildman–Crippen LogP) is 2.63. The van der Waals surface area contributed by atoms with Gasteiger partial charge in [-0.2, -0.15) is 0 Å². The van der Waals surface area contributed by atoms with Gasteiger partial charge in [-0.1, -0.05) is 30.3 Å². The number of rotatable bonds is 6. The molecule has 0 radical (unpaired) electrons. The minimum atomic E-state index is -3.53. The van der Waals surface area contributed by atoms with Crippen molar-refractivity contribution in [3.8, 4) is 0 Å². The van der Waals surface area contributed by atoms with Gasteiger partial charge in [-0.3, -0.25) is 0 Å². The first-order valence-corrected chi connectivity index (χ1v) is 8.07. The van der Waals surface area contributed by atoms with Crippen LogP contribution in [0.4, 0.5) is 8.78 Å². The maximum atomic E-state index is 13.4. The van der Waals surface area contributed by atoms with Crippen LogP contribution in [0.25, 0.3) is 0 Å². The van der Waals surface area contributed by atoms with Crippen LogP contribution in [-0.2, 0) is 22.2 Å². The lowest BCUT2D eigenvalue weighted by molar-refractivity contribution is 0.576. The summed E-state index contributed by atoms with van der Waals surface area (Å²) in [6, 6.07) is 11.5. The topological polar surface area (TPSA) is 46.2 Å². The van der Waals surface area contributed by atoms with Crippen molar-refractivity contribution in [1.82, 2.24) is 4.72 Å². The summed E-state index contributed by atoms with van der Waals surface area (Å²) in [5.74, 6) is -0.997. The van der Waals surface area contributed by atoms with Crippen molar-refractivity contribution in [2.45, 2.75) is 12.2 Å². The van der Waals surface area contributed by atoms with Gasteiger partial charge in [0, 0.05) is 6.54 Å². The minimum Gasteiger partial charge on any atom is -0.215 e. The maximum absolute atomic E-state index is 13.4. The van der Waals surface area contributed by atoms with Crippen molar-refractivity contribution in [2.24, 2.45) is 0 Å². The standard InChI is InChI=1S/C15H15F2NO2S/c16-14-7-5-12(6-8-14)11-21(19,20)18-10-9-13-3-1-2-4-15(13)17/h1-8,18H,9-11H2. The zero-order valence-corrected chi connectivity index (χ0v) is 12.0. The first kappa shape index (κ1) is 15.6. The number of sulfonamides is 1. The van der Waals surface area contributed by atoms with E-state index < -0.39 is 15.8 Å². The van der Waals surface area contributed by atoms with Crippen molar-refractivity contribution in [3.05, 3.63) is 71.3 Å². The average molecular weight is 311 g/mol. The van der Waals surface area contributed by atoms with E-state index in [0.717, 1.165) is 0 Å². The predicted molar refractivity (Wildman–Crippen MR) is 77.1 cm³/mol. The van der Waals surface area contributed by atoms with E-state index >= 15 is 0 Å². The third-order valence-electron chi connectivity index (χ3n) is 2.94. The lowest BCUT2D eigenvalue weighted by atomic mass is 10.1. The van der Waals surface area contributed by atoms with E-state index in [4.69, 9.17) is 0 Å². The summed E-state index contributed by atoms with van der Waals surface area (Å²) in [4.78, 5) is 0. The van der Waals surface area contributed by atoms with Crippen LogP contribution in [0.5, 0.6) is 0 Å². The number of benzene rings is 2. The minimum absolute atomic E-state index is 0.116. The van der Waals surface area contributed by atoms with Gasteiger partial charge in [0.2, 0.25) is 10.0 Å². The molecule has 21 heavy (non-hydrogen) atoms. The highest BCUT2D eigenvalue weighted by molar-refractivity contribution is 7.88. The Morgan fingerprint density at radius 2 is 1.62 bits per heavy atom. The second-order valence-corrected chi connectivity index (χ2v) is 6.43. The van der Waals surface area contributed by atoms with Crippen LogP contribution < -0.4 is 4.72 Å². The molecule has 0 spiro atoms. The van der Waals surface area contributed by atoms with E-state index in [1.165, 1.54) is 30.3 Å². The van der Waals surface area contributed by atoms with Crippen LogP contribution in [0.3, 0.4) is 0 Å². The van der Waals surface area contributed by atoms with Crippen LogP contribution in [0.15, 0.2) is 48.5 Å². The molecule has 0 fully saturated rings. The fourth-order valence-corrected chi connectivity index (χ4v) is 3.04. The van der Waals surface area contributed by atoms with E-state index in [1.54, 1.807) is 18.2 Å². The Bertz CT molecular complexity index is 700. The Labute approximate surface area is 122 Å². The van der Waals surface area contributed by atoms with Crippen molar-refractivity contribution in [2.75, 3.05) is 6.54 Å². The quantitative estimate of drug-likeness (QED) is 0.891. The molecule has 2 aromatic carbocycles. The van der Waals surface area contributed by atoms with E-state index in [0.29, 0.717) is 11.1 Å². The van der Waals surface area contributed by atoms with Crippen LogP contribution in [0, 0.1) is 11.6 Å². The molecule has 0 aromatic heterocycles. The molecule has 0 heterocycles. The van der Waals surface area contributed by atoms with Crippen molar-refractivity contribution in [3.63, 3.8) is 0 Å². The van der Waals surface area contributed by atoms with E-state index in [-0.39, 0.29) is 24.5 Å². The summed E-state index contributed by atoms with van der Waals surface area (Å²) >= 11 is 0. The van der Waals surface area contributed by atoms with Crippen molar-refractivity contribution in [1.29, 1.82) is 0 Å². The summed E-state index contributed by atoms with van der Waals surface area (Å²) in [5.41, 5.74) is 0.955. The molecular weight excluding hydrogens is 296 g/mol. The molecule has 6 heteroatoms. The second-order valence-electron chi connectivity index (χ2n) is 4.62. The molecule has 3 nitrogen and oxygen atoms in total. The van der Waals surface area contributed by atoms with Gasteiger partial charge in [0.25, 0.3) is 0 Å². The smallest absolute Gasteiger partial charge is 0.215 e.